The van der Waals surface area contributed by atoms with E-state index in [4.69, 9.17) is 0 Å². The molecule has 1 heterocycles. The lowest BCUT2D eigenvalue weighted by molar-refractivity contribution is -0.123. The number of hydrogen-bond donors (Lipinski definition) is 0. The molecule has 2 nitrogen and oxygen atoms in total. The zero-order valence-electron chi connectivity index (χ0n) is 11.1. The van der Waals surface area contributed by atoms with Crippen molar-refractivity contribution in [2.45, 2.75) is 53.0 Å². The van der Waals surface area contributed by atoms with Crippen LogP contribution in [-0.2, 0) is 4.79 Å². The van der Waals surface area contributed by atoms with Gasteiger partial charge in [-0.1, -0.05) is 27.7 Å². The summed E-state index contributed by atoms with van der Waals surface area (Å²) in [6.45, 7) is 11.0. The van der Waals surface area contributed by atoms with Crippen LogP contribution in [0.4, 0.5) is 0 Å². The van der Waals surface area contributed by atoms with Crippen LogP contribution in [0.3, 0.4) is 0 Å². The van der Waals surface area contributed by atoms with Crippen molar-refractivity contribution in [3.8, 4) is 0 Å². The molecule has 2 fully saturated rings. The summed E-state index contributed by atoms with van der Waals surface area (Å²) >= 11 is 0. The number of rotatable bonds is 4. The van der Waals surface area contributed by atoms with E-state index in [2.05, 4.69) is 25.7 Å². The number of likely N-dealkylation sites (N-methyl/N-ethyl adjacent to an activating group) is 1. The fraction of sp³-hybridized carbons (Fsp3) is 0.929. The Kier molecular flexibility index (Phi) is 3.13. The molecule has 1 saturated heterocycles. The average Bonchev–Trinajstić information content (AvgIpc) is 2.82. The van der Waals surface area contributed by atoms with E-state index in [0.717, 1.165) is 24.8 Å². The van der Waals surface area contributed by atoms with Gasteiger partial charge in [-0.25, -0.2) is 0 Å². The third-order valence-corrected chi connectivity index (χ3v) is 4.74. The first-order valence-electron chi connectivity index (χ1n) is 6.81. The quantitative estimate of drug-likeness (QED) is 0.730. The highest BCUT2D eigenvalue weighted by Crippen LogP contribution is 2.62. The van der Waals surface area contributed by atoms with Crippen LogP contribution in [0, 0.1) is 17.3 Å². The van der Waals surface area contributed by atoms with E-state index in [9.17, 15) is 4.79 Å². The molecule has 1 saturated carbocycles. The summed E-state index contributed by atoms with van der Waals surface area (Å²) in [6.07, 6.45) is 3.19. The van der Waals surface area contributed by atoms with Crippen LogP contribution < -0.4 is 0 Å². The first kappa shape index (κ1) is 12.1. The fourth-order valence-corrected chi connectivity index (χ4v) is 3.72. The van der Waals surface area contributed by atoms with Gasteiger partial charge in [0.15, 0.2) is 0 Å². The van der Waals surface area contributed by atoms with Crippen LogP contribution in [0.25, 0.3) is 0 Å². The predicted molar refractivity (Wildman–Crippen MR) is 66.3 cm³/mol. The van der Waals surface area contributed by atoms with Crippen LogP contribution in [0.1, 0.15) is 47.0 Å². The van der Waals surface area contributed by atoms with E-state index in [1.807, 2.05) is 6.92 Å². The molecule has 0 aromatic heterocycles. The van der Waals surface area contributed by atoms with Gasteiger partial charge in [0.25, 0.3) is 0 Å². The number of nitrogens with zero attached hydrogens (tertiary/aromatic N) is 1. The third-order valence-electron chi connectivity index (χ3n) is 4.74. The lowest BCUT2D eigenvalue weighted by atomic mass is 9.93. The molecule has 2 heteroatoms. The third kappa shape index (κ3) is 1.81. The standard InChI is InChI=1S/C14H25NO/c1-5-13(16)12-8-14(9-15(12)6-2)7-11(14)10(3)4/h10-12H,5-9H2,1-4H3/t11?,12-,14+/m0/s1. The lowest BCUT2D eigenvalue weighted by Gasteiger charge is -2.20. The van der Waals surface area contributed by atoms with Gasteiger partial charge in [-0.05, 0) is 36.6 Å². The van der Waals surface area contributed by atoms with Gasteiger partial charge in [0.2, 0.25) is 0 Å². The second-order valence-corrected chi connectivity index (χ2v) is 6.02. The Labute approximate surface area is 99.4 Å². The Bertz CT molecular complexity index is 286. The number of Topliss-reactive ketones (excluding diaryl/α,β-unsaturated/α-hetero) is 1. The minimum Gasteiger partial charge on any atom is -0.298 e. The summed E-state index contributed by atoms with van der Waals surface area (Å²) in [4.78, 5) is 14.3. The van der Waals surface area contributed by atoms with Gasteiger partial charge in [-0.3, -0.25) is 9.69 Å². The second kappa shape index (κ2) is 4.14. The monoisotopic (exact) mass is 223 g/mol. The highest BCUT2D eigenvalue weighted by Gasteiger charge is 2.61. The maximum absolute atomic E-state index is 11.9. The van der Waals surface area contributed by atoms with E-state index in [0.29, 0.717) is 17.6 Å². The topological polar surface area (TPSA) is 20.3 Å². The molecule has 2 rings (SSSR count). The van der Waals surface area contributed by atoms with Crippen LogP contribution in [-0.4, -0.2) is 29.8 Å². The van der Waals surface area contributed by atoms with Gasteiger partial charge in [0.1, 0.15) is 5.78 Å². The molecular formula is C14H25NO. The first-order valence-corrected chi connectivity index (χ1v) is 6.81. The Balaban J connectivity index is 2.06. The second-order valence-electron chi connectivity index (χ2n) is 6.02. The number of carbonyl (C=O) groups excluding carboxylic acids is 1. The fourth-order valence-electron chi connectivity index (χ4n) is 3.72. The molecule has 16 heavy (non-hydrogen) atoms. The van der Waals surface area contributed by atoms with Crippen molar-refractivity contribution >= 4 is 5.78 Å². The summed E-state index contributed by atoms with van der Waals surface area (Å²) in [5.74, 6) is 2.11. The molecule has 92 valence electrons. The summed E-state index contributed by atoms with van der Waals surface area (Å²) < 4.78 is 0. The zero-order valence-corrected chi connectivity index (χ0v) is 11.1. The van der Waals surface area contributed by atoms with Crippen LogP contribution >= 0.6 is 0 Å². The number of likely N-dealkylation sites (tertiary alicyclic amines) is 1. The SMILES string of the molecule is CCC(=O)[C@@H]1C[C@]2(CC2C(C)C)CN1CC. The highest BCUT2D eigenvalue weighted by molar-refractivity contribution is 5.84. The van der Waals surface area contributed by atoms with Crippen molar-refractivity contribution in [3.05, 3.63) is 0 Å². The Morgan fingerprint density at radius 2 is 2.06 bits per heavy atom. The van der Waals surface area contributed by atoms with Crippen molar-refractivity contribution in [2.24, 2.45) is 17.3 Å². The molecule has 0 amide bonds. The molecule has 0 aromatic carbocycles. The van der Waals surface area contributed by atoms with Gasteiger partial charge in [-0.15, -0.1) is 0 Å². The molecule has 0 aromatic rings. The van der Waals surface area contributed by atoms with E-state index >= 15 is 0 Å². The van der Waals surface area contributed by atoms with E-state index < -0.39 is 0 Å². The molecule has 1 unspecified atom stereocenters. The maximum Gasteiger partial charge on any atom is 0.149 e. The zero-order chi connectivity index (χ0) is 11.9. The van der Waals surface area contributed by atoms with Gasteiger partial charge >= 0.3 is 0 Å². The molecule has 0 N–H and O–H groups in total. The van der Waals surface area contributed by atoms with Crippen molar-refractivity contribution in [1.29, 1.82) is 0 Å². The Morgan fingerprint density at radius 1 is 1.38 bits per heavy atom. The van der Waals surface area contributed by atoms with Gasteiger partial charge in [0, 0.05) is 13.0 Å². The molecular weight excluding hydrogens is 198 g/mol. The first-order chi connectivity index (χ1) is 7.54. The average molecular weight is 223 g/mol. The minimum absolute atomic E-state index is 0.235. The van der Waals surface area contributed by atoms with Crippen molar-refractivity contribution in [1.82, 2.24) is 4.90 Å². The molecule has 1 aliphatic carbocycles. The van der Waals surface area contributed by atoms with Gasteiger partial charge in [0.05, 0.1) is 6.04 Å². The summed E-state index contributed by atoms with van der Waals surface area (Å²) in [7, 11) is 0. The summed E-state index contributed by atoms with van der Waals surface area (Å²) in [5, 5.41) is 0. The van der Waals surface area contributed by atoms with Crippen molar-refractivity contribution in [3.63, 3.8) is 0 Å². The molecule has 1 spiro atoms. The summed E-state index contributed by atoms with van der Waals surface area (Å²) in [6, 6.07) is 0.235. The number of ketones is 1. The molecule has 1 aliphatic heterocycles. The van der Waals surface area contributed by atoms with Crippen molar-refractivity contribution in [2.75, 3.05) is 13.1 Å². The smallest absolute Gasteiger partial charge is 0.149 e. The molecule has 0 bridgehead atoms. The van der Waals surface area contributed by atoms with E-state index in [-0.39, 0.29) is 6.04 Å². The van der Waals surface area contributed by atoms with Gasteiger partial charge < -0.3 is 0 Å². The molecule has 2 aliphatic rings. The molecule has 3 atom stereocenters. The lowest BCUT2D eigenvalue weighted by Crippen LogP contribution is -2.35. The highest BCUT2D eigenvalue weighted by atomic mass is 16.1. The number of carbonyl (C=O) groups is 1. The Hall–Kier alpha value is -0.370. The predicted octanol–water partition coefficient (Wildman–Crippen LogP) is 2.72. The molecule has 0 radical (unpaired) electrons. The minimum atomic E-state index is 0.235. The van der Waals surface area contributed by atoms with Crippen LogP contribution in [0.15, 0.2) is 0 Å². The van der Waals surface area contributed by atoms with Crippen LogP contribution in [0.2, 0.25) is 0 Å². The van der Waals surface area contributed by atoms with Crippen molar-refractivity contribution < 1.29 is 4.79 Å². The van der Waals surface area contributed by atoms with Crippen LogP contribution in [0.5, 0.6) is 0 Å². The van der Waals surface area contributed by atoms with E-state index in [1.54, 1.807) is 0 Å². The summed E-state index contributed by atoms with van der Waals surface area (Å²) in [5.41, 5.74) is 0.514. The number of hydrogen-bond acceptors (Lipinski definition) is 2. The largest absolute Gasteiger partial charge is 0.298 e. The maximum atomic E-state index is 11.9. The normalized spacial score (nSPS) is 38.6. The van der Waals surface area contributed by atoms with Gasteiger partial charge in [-0.2, -0.15) is 0 Å². The Morgan fingerprint density at radius 3 is 2.50 bits per heavy atom. The van der Waals surface area contributed by atoms with E-state index in [1.165, 1.54) is 13.0 Å².